The van der Waals surface area contributed by atoms with E-state index in [1.54, 1.807) is 0 Å². The molecule has 0 saturated heterocycles. The predicted molar refractivity (Wildman–Crippen MR) is 56.5 cm³/mol. The van der Waals surface area contributed by atoms with Crippen molar-refractivity contribution in [3.63, 3.8) is 0 Å². The summed E-state index contributed by atoms with van der Waals surface area (Å²) in [5, 5.41) is 11.4. The Bertz CT molecular complexity index is 526. The molecule has 15 heavy (non-hydrogen) atoms. The largest absolute Gasteiger partial charge is 0.411 e. The summed E-state index contributed by atoms with van der Waals surface area (Å²) < 4.78 is 1.98. The van der Waals surface area contributed by atoms with Crippen LogP contribution in [0.25, 0.3) is 5.65 Å². The van der Waals surface area contributed by atoms with Crippen molar-refractivity contribution < 1.29 is 5.21 Å². The van der Waals surface area contributed by atoms with Crippen molar-refractivity contribution in [2.24, 2.45) is 5.16 Å². The third-order valence-corrected chi connectivity index (χ3v) is 2.74. The topological polar surface area (TPSA) is 49.9 Å². The molecule has 0 aromatic carbocycles. The van der Waals surface area contributed by atoms with Crippen LogP contribution < -0.4 is 0 Å². The van der Waals surface area contributed by atoms with E-state index in [4.69, 9.17) is 5.21 Å². The fourth-order valence-electron chi connectivity index (χ4n) is 1.89. The van der Waals surface area contributed by atoms with Crippen LogP contribution in [0.2, 0.25) is 0 Å². The van der Waals surface area contributed by atoms with E-state index >= 15 is 0 Å². The third-order valence-electron chi connectivity index (χ3n) is 2.74. The molecule has 0 bridgehead atoms. The number of nitrogens with zero attached hydrogens (tertiary/aromatic N) is 3. The second kappa shape index (κ2) is 3.08. The number of oxime groups is 1. The molecule has 1 fully saturated rings. The lowest BCUT2D eigenvalue weighted by Crippen LogP contribution is -1.88. The Morgan fingerprint density at radius 3 is 3.13 bits per heavy atom. The number of pyridine rings is 1. The van der Waals surface area contributed by atoms with Gasteiger partial charge in [0.15, 0.2) is 0 Å². The molecule has 3 rings (SSSR count). The van der Waals surface area contributed by atoms with Crippen LogP contribution in [-0.2, 0) is 0 Å². The molecule has 2 aromatic heterocycles. The van der Waals surface area contributed by atoms with E-state index in [0.29, 0.717) is 11.6 Å². The quantitative estimate of drug-likeness (QED) is 0.459. The van der Waals surface area contributed by atoms with Crippen LogP contribution in [0.1, 0.15) is 30.0 Å². The summed E-state index contributed by atoms with van der Waals surface area (Å²) in [5.74, 6) is 0.676. The van der Waals surface area contributed by atoms with Gasteiger partial charge in [0, 0.05) is 12.4 Å². The van der Waals surface area contributed by atoms with Gasteiger partial charge in [-0.2, -0.15) is 0 Å². The van der Waals surface area contributed by atoms with Gasteiger partial charge in [0.2, 0.25) is 0 Å². The monoisotopic (exact) mass is 201 g/mol. The zero-order valence-corrected chi connectivity index (χ0v) is 8.17. The Labute approximate surface area is 86.9 Å². The summed E-state index contributed by atoms with van der Waals surface area (Å²) in [4.78, 5) is 4.42. The normalized spacial score (nSPS) is 16.5. The highest BCUT2D eigenvalue weighted by atomic mass is 16.4. The van der Waals surface area contributed by atoms with E-state index < -0.39 is 0 Å². The molecule has 4 nitrogen and oxygen atoms in total. The first-order valence-corrected chi connectivity index (χ1v) is 5.03. The van der Waals surface area contributed by atoms with Gasteiger partial charge in [-0.05, 0) is 30.4 Å². The molecule has 0 amide bonds. The molecule has 2 aromatic rings. The number of aromatic nitrogens is 2. The van der Waals surface area contributed by atoms with Crippen molar-refractivity contribution in [3.05, 3.63) is 35.8 Å². The Hall–Kier alpha value is -1.84. The van der Waals surface area contributed by atoms with Crippen LogP contribution in [-0.4, -0.2) is 20.8 Å². The fraction of sp³-hybridized carbons (Fsp3) is 0.273. The average molecular weight is 201 g/mol. The van der Waals surface area contributed by atoms with Crippen molar-refractivity contribution in [1.82, 2.24) is 9.38 Å². The van der Waals surface area contributed by atoms with E-state index in [-0.39, 0.29) is 0 Å². The van der Waals surface area contributed by atoms with Crippen molar-refractivity contribution >= 4 is 11.9 Å². The molecule has 1 N–H and O–H groups in total. The van der Waals surface area contributed by atoms with Gasteiger partial charge >= 0.3 is 0 Å². The summed E-state index contributed by atoms with van der Waals surface area (Å²) >= 11 is 0. The molecule has 0 aliphatic heterocycles. The maximum Gasteiger partial charge on any atom is 0.140 e. The Kier molecular flexibility index (Phi) is 1.74. The zero-order valence-electron chi connectivity index (χ0n) is 8.17. The number of rotatable bonds is 2. The molecule has 1 aliphatic rings. The Balaban J connectivity index is 2.19. The first-order valence-electron chi connectivity index (χ1n) is 5.03. The van der Waals surface area contributed by atoms with Crippen molar-refractivity contribution in [1.29, 1.82) is 0 Å². The average Bonchev–Trinajstić information content (AvgIpc) is 2.98. The molecule has 1 saturated carbocycles. The van der Waals surface area contributed by atoms with E-state index in [9.17, 15) is 0 Å². The maximum absolute atomic E-state index is 8.46. The van der Waals surface area contributed by atoms with Crippen molar-refractivity contribution in [3.8, 4) is 0 Å². The van der Waals surface area contributed by atoms with Crippen LogP contribution in [0, 0.1) is 0 Å². The lowest BCUT2D eigenvalue weighted by atomic mass is 10.2. The van der Waals surface area contributed by atoms with E-state index in [1.165, 1.54) is 24.6 Å². The predicted octanol–water partition coefficient (Wildman–Crippen LogP) is 2.02. The van der Waals surface area contributed by atoms with E-state index in [0.717, 1.165) is 5.65 Å². The molecule has 0 atom stereocenters. The van der Waals surface area contributed by atoms with Crippen LogP contribution in [0.15, 0.2) is 29.7 Å². The van der Waals surface area contributed by atoms with Gasteiger partial charge in [-0.3, -0.25) is 0 Å². The van der Waals surface area contributed by atoms with Crippen molar-refractivity contribution in [2.45, 2.75) is 18.8 Å². The summed E-state index contributed by atoms with van der Waals surface area (Å²) in [6, 6.07) is 4.15. The molecule has 76 valence electrons. The first-order chi connectivity index (χ1) is 7.38. The number of hydrogen-bond donors (Lipinski definition) is 1. The second-order valence-corrected chi connectivity index (χ2v) is 3.88. The minimum Gasteiger partial charge on any atom is -0.411 e. The van der Waals surface area contributed by atoms with Gasteiger partial charge in [-0.25, -0.2) is 4.98 Å². The standard InChI is InChI=1S/C11H11N3O/c15-12-6-9-7-14-5-1-2-10(8-3-4-8)11(14)13-9/h1-2,5-8,15H,3-4H2/b12-6+. The highest BCUT2D eigenvalue weighted by molar-refractivity contribution is 5.78. The molecular weight excluding hydrogens is 190 g/mol. The fourth-order valence-corrected chi connectivity index (χ4v) is 1.89. The van der Waals surface area contributed by atoms with Gasteiger partial charge in [-0.1, -0.05) is 11.2 Å². The summed E-state index contributed by atoms with van der Waals surface area (Å²) in [6.07, 6.45) is 7.69. The Morgan fingerprint density at radius 1 is 1.53 bits per heavy atom. The molecule has 0 spiro atoms. The van der Waals surface area contributed by atoms with Gasteiger partial charge in [0.05, 0.1) is 6.21 Å². The van der Waals surface area contributed by atoms with Crippen LogP contribution in [0.3, 0.4) is 0 Å². The zero-order chi connectivity index (χ0) is 10.3. The lowest BCUT2D eigenvalue weighted by molar-refractivity contribution is 0.321. The molecule has 0 radical (unpaired) electrons. The highest BCUT2D eigenvalue weighted by Crippen LogP contribution is 2.41. The molecule has 4 heteroatoms. The Morgan fingerprint density at radius 2 is 2.40 bits per heavy atom. The van der Waals surface area contributed by atoms with Crippen LogP contribution >= 0.6 is 0 Å². The van der Waals surface area contributed by atoms with E-state index in [1.807, 2.05) is 22.9 Å². The summed E-state index contributed by atoms with van der Waals surface area (Å²) in [7, 11) is 0. The summed E-state index contributed by atoms with van der Waals surface area (Å²) in [6.45, 7) is 0. The molecule has 1 aliphatic carbocycles. The number of fused-ring (bicyclic) bond motifs is 1. The third kappa shape index (κ3) is 1.38. The minimum atomic E-state index is 0.676. The van der Waals surface area contributed by atoms with Crippen molar-refractivity contribution in [2.75, 3.05) is 0 Å². The molecular formula is C11H11N3O. The number of hydrogen-bond acceptors (Lipinski definition) is 3. The van der Waals surface area contributed by atoms with E-state index in [2.05, 4.69) is 16.2 Å². The summed E-state index contributed by atoms with van der Waals surface area (Å²) in [5.41, 5.74) is 2.97. The van der Waals surface area contributed by atoms with Crippen LogP contribution in [0.4, 0.5) is 0 Å². The minimum absolute atomic E-state index is 0.676. The number of imidazole rings is 1. The van der Waals surface area contributed by atoms with Crippen LogP contribution in [0.5, 0.6) is 0 Å². The smallest absolute Gasteiger partial charge is 0.140 e. The molecule has 0 unspecified atom stereocenters. The molecule has 2 heterocycles. The van der Waals surface area contributed by atoms with Gasteiger partial charge in [0.1, 0.15) is 11.3 Å². The lowest BCUT2D eigenvalue weighted by Gasteiger charge is -1.99. The maximum atomic E-state index is 8.46. The van der Waals surface area contributed by atoms with Gasteiger partial charge in [0.25, 0.3) is 0 Å². The van der Waals surface area contributed by atoms with Gasteiger partial charge in [-0.15, -0.1) is 0 Å². The van der Waals surface area contributed by atoms with Gasteiger partial charge < -0.3 is 9.61 Å². The highest BCUT2D eigenvalue weighted by Gasteiger charge is 2.26. The first kappa shape index (κ1) is 8.47. The SMILES string of the molecule is O/N=C/c1cn2cccc(C3CC3)c2n1. The second-order valence-electron chi connectivity index (χ2n) is 3.88.